The maximum atomic E-state index is 12.7. The minimum atomic E-state index is -3.48. The van der Waals surface area contributed by atoms with Gasteiger partial charge in [-0.15, -0.1) is 0 Å². The molecule has 1 aliphatic heterocycles. The molecule has 1 N–H and O–H groups in total. The zero-order valence-electron chi connectivity index (χ0n) is 19.3. The highest BCUT2D eigenvalue weighted by Gasteiger charge is 2.34. The number of benzene rings is 2. The Balaban J connectivity index is 1.63. The van der Waals surface area contributed by atoms with E-state index in [1.807, 2.05) is 39.0 Å². The highest BCUT2D eigenvalue weighted by Crippen LogP contribution is 2.40. The summed E-state index contributed by atoms with van der Waals surface area (Å²) in [5.74, 6) is 1.34. The molecule has 0 fully saturated rings. The molecule has 32 heavy (non-hydrogen) atoms. The van der Waals surface area contributed by atoms with Crippen LogP contribution in [-0.4, -0.2) is 39.8 Å². The molecule has 0 saturated heterocycles. The number of amides is 1. The molecule has 0 bridgehead atoms. The van der Waals surface area contributed by atoms with Gasteiger partial charge in [0, 0.05) is 24.9 Å². The van der Waals surface area contributed by atoms with Crippen LogP contribution in [0.2, 0.25) is 0 Å². The van der Waals surface area contributed by atoms with Gasteiger partial charge in [0.2, 0.25) is 15.9 Å². The van der Waals surface area contributed by atoms with Crippen LogP contribution in [0.4, 0.5) is 5.69 Å². The summed E-state index contributed by atoms with van der Waals surface area (Å²) in [5, 5.41) is 3.11. The van der Waals surface area contributed by atoms with Crippen LogP contribution in [0, 0.1) is 6.92 Å². The van der Waals surface area contributed by atoms with E-state index >= 15 is 0 Å². The zero-order chi connectivity index (χ0) is 23.5. The van der Waals surface area contributed by atoms with Crippen molar-refractivity contribution < 1.29 is 22.7 Å². The second-order valence-electron chi connectivity index (χ2n) is 8.86. The normalized spacial score (nSPS) is 17.1. The first-order chi connectivity index (χ1) is 15.0. The van der Waals surface area contributed by atoms with Crippen molar-refractivity contribution in [2.45, 2.75) is 51.7 Å². The molecule has 1 aliphatic rings. The van der Waals surface area contributed by atoms with Crippen molar-refractivity contribution in [3.05, 3.63) is 53.6 Å². The average molecular weight is 461 g/mol. The van der Waals surface area contributed by atoms with Gasteiger partial charge in [-0.1, -0.05) is 12.1 Å². The van der Waals surface area contributed by atoms with E-state index in [0.717, 1.165) is 16.9 Å². The summed E-state index contributed by atoms with van der Waals surface area (Å²) in [6, 6.07) is 12.7. The van der Waals surface area contributed by atoms with E-state index < -0.39 is 10.0 Å². The minimum absolute atomic E-state index is 0.109. The van der Waals surface area contributed by atoms with Crippen LogP contribution >= 0.6 is 0 Å². The van der Waals surface area contributed by atoms with Crippen LogP contribution in [0.1, 0.15) is 50.3 Å². The Bertz CT molecular complexity index is 1060. The maximum Gasteiger partial charge on any atom is 0.232 e. The van der Waals surface area contributed by atoms with Crippen LogP contribution in [0.25, 0.3) is 0 Å². The van der Waals surface area contributed by atoms with Gasteiger partial charge < -0.3 is 14.8 Å². The monoisotopic (exact) mass is 460 g/mol. The SMILES string of the molecule is COc1ccc(N(CCCC(=O)N[C@@H]2CC(C)(C)Oc3cc(C)ccc32)S(C)(=O)=O)cc1. The number of sulfonamides is 1. The smallest absolute Gasteiger partial charge is 0.232 e. The fourth-order valence-corrected chi connectivity index (χ4v) is 4.94. The lowest BCUT2D eigenvalue weighted by Gasteiger charge is -2.38. The van der Waals surface area contributed by atoms with Crippen LogP contribution in [-0.2, 0) is 14.8 Å². The molecule has 174 valence electrons. The standard InChI is InChI=1S/C24H32N2O5S/c1-17-8-13-20-21(16-24(2,3)31-22(20)15-17)25-23(27)7-6-14-26(32(5,28)29)18-9-11-19(30-4)12-10-18/h8-13,15,21H,6-7,14,16H2,1-5H3,(H,25,27)/t21-/m1/s1. The Hall–Kier alpha value is -2.74. The van der Waals surface area contributed by atoms with Crippen molar-refractivity contribution >= 4 is 21.6 Å². The zero-order valence-corrected chi connectivity index (χ0v) is 20.2. The van der Waals surface area contributed by atoms with Gasteiger partial charge >= 0.3 is 0 Å². The molecular weight excluding hydrogens is 428 g/mol. The second-order valence-corrected chi connectivity index (χ2v) is 10.8. The van der Waals surface area contributed by atoms with Gasteiger partial charge in [0.25, 0.3) is 0 Å². The summed E-state index contributed by atoms with van der Waals surface area (Å²) in [6.45, 7) is 6.25. The van der Waals surface area contributed by atoms with E-state index in [1.165, 1.54) is 10.6 Å². The predicted octanol–water partition coefficient (Wildman–Crippen LogP) is 3.97. The first-order valence-electron chi connectivity index (χ1n) is 10.7. The summed E-state index contributed by atoms with van der Waals surface area (Å²) < 4.78 is 37.1. The summed E-state index contributed by atoms with van der Waals surface area (Å²) >= 11 is 0. The van der Waals surface area contributed by atoms with Gasteiger partial charge in [-0.25, -0.2) is 8.42 Å². The number of nitrogens with one attached hydrogen (secondary N) is 1. The lowest BCUT2D eigenvalue weighted by Crippen LogP contribution is -2.41. The third-order valence-corrected chi connectivity index (χ3v) is 6.68. The molecule has 0 unspecified atom stereocenters. The summed E-state index contributed by atoms with van der Waals surface area (Å²) in [5.41, 5.74) is 2.23. The van der Waals surface area contributed by atoms with E-state index in [1.54, 1.807) is 31.4 Å². The molecule has 2 aromatic carbocycles. The van der Waals surface area contributed by atoms with Crippen molar-refractivity contribution in [3.8, 4) is 11.5 Å². The van der Waals surface area contributed by atoms with E-state index in [9.17, 15) is 13.2 Å². The lowest BCUT2D eigenvalue weighted by molar-refractivity contribution is -0.122. The average Bonchev–Trinajstić information content (AvgIpc) is 2.69. The molecule has 1 atom stereocenters. The number of carbonyl (C=O) groups is 1. The summed E-state index contributed by atoms with van der Waals surface area (Å²) in [7, 11) is -1.92. The predicted molar refractivity (Wildman–Crippen MR) is 126 cm³/mol. The minimum Gasteiger partial charge on any atom is -0.497 e. The van der Waals surface area contributed by atoms with Crippen LogP contribution in [0.15, 0.2) is 42.5 Å². The third-order valence-electron chi connectivity index (χ3n) is 5.49. The molecule has 2 aromatic rings. The molecule has 0 saturated carbocycles. The van der Waals surface area contributed by atoms with E-state index in [2.05, 4.69) is 5.32 Å². The highest BCUT2D eigenvalue weighted by molar-refractivity contribution is 7.92. The van der Waals surface area contributed by atoms with Gasteiger partial charge in [-0.2, -0.15) is 0 Å². The Morgan fingerprint density at radius 1 is 1.22 bits per heavy atom. The Kier molecular flexibility index (Phi) is 7.03. The van der Waals surface area contributed by atoms with Crippen molar-refractivity contribution in [2.24, 2.45) is 0 Å². The maximum absolute atomic E-state index is 12.7. The Morgan fingerprint density at radius 3 is 2.53 bits per heavy atom. The van der Waals surface area contributed by atoms with E-state index in [-0.39, 0.29) is 30.5 Å². The molecule has 3 rings (SSSR count). The fourth-order valence-electron chi connectivity index (χ4n) is 3.97. The summed E-state index contributed by atoms with van der Waals surface area (Å²) in [4.78, 5) is 12.7. The number of rotatable bonds is 8. The van der Waals surface area contributed by atoms with Crippen LogP contribution < -0.4 is 19.1 Å². The molecule has 0 radical (unpaired) electrons. The summed E-state index contributed by atoms with van der Waals surface area (Å²) in [6.07, 6.45) is 2.45. The molecule has 1 heterocycles. The number of ether oxygens (including phenoxy) is 2. The van der Waals surface area contributed by atoms with Gasteiger partial charge in [0.1, 0.15) is 17.1 Å². The first kappa shape index (κ1) is 23.9. The largest absolute Gasteiger partial charge is 0.497 e. The molecule has 7 nitrogen and oxygen atoms in total. The van der Waals surface area contributed by atoms with Gasteiger partial charge in [0.15, 0.2) is 0 Å². The van der Waals surface area contributed by atoms with Crippen molar-refractivity contribution in [3.63, 3.8) is 0 Å². The number of aryl methyl sites for hydroxylation is 1. The number of fused-ring (bicyclic) bond motifs is 1. The van der Waals surface area contributed by atoms with Gasteiger partial charge in [-0.3, -0.25) is 9.10 Å². The number of anilines is 1. The molecule has 0 aromatic heterocycles. The number of hydrogen-bond acceptors (Lipinski definition) is 5. The van der Waals surface area contributed by atoms with Crippen LogP contribution in [0.5, 0.6) is 11.5 Å². The molecule has 0 aliphatic carbocycles. The van der Waals surface area contributed by atoms with Crippen LogP contribution in [0.3, 0.4) is 0 Å². The third kappa shape index (κ3) is 5.94. The fraction of sp³-hybridized carbons (Fsp3) is 0.458. The Morgan fingerprint density at radius 2 is 1.91 bits per heavy atom. The van der Waals surface area contributed by atoms with Gasteiger partial charge in [0.05, 0.1) is 25.1 Å². The highest BCUT2D eigenvalue weighted by atomic mass is 32.2. The van der Waals surface area contributed by atoms with E-state index in [4.69, 9.17) is 9.47 Å². The van der Waals surface area contributed by atoms with E-state index in [0.29, 0.717) is 24.3 Å². The van der Waals surface area contributed by atoms with Crippen molar-refractivity contribution in [1.29, 1.82) is 0 Å². The topological polar surface area (TPSA) is 84.9 Å². The first-order valence-corrected chi connectivity index (χ1v) is 12.5. The molecule has 8 heteroatoms. The quantitative estimate of drug-likeness (QED) is 0.644. The second kappa shape index (κ2) is 9.40. The molecular formula is C24H32N2O5S. The molecule has 1 amide bonds. The number of carbonyl (C=O) groups excluding carboxylic acids is 1. The number of methoxy groups -OCH3 is 1. The molecule has 0 spiro atoms. The van der Waals surface area contributed by atoms with Gasteiger partial charge in [-0.05, 0) is 63.1 Å². The van der Waals surface area contributed by atoms with Crippen molar-refractivity contribution in [1.82, 2.24) is 5.32 Å². The number of hydrogen-bond donors (Lipinski definition) is 1. The number of nitrogens with zero attached hydrogens (tertiary/aromatic N) is 1. The van der Waals surface area contributed by atoms with Crippen molar-refractivity contribution in [2.75, 3.05) is 24.2 Å². The Labute approximate surface area is 190 Å². The lowest BCUT2D eigenvalue weighted by atomic mass is 9.89.